The normalized spacial score (nSPS) is 22.5. The average Bonchev–Trinajstić information content (AvgIpc) is 2.39. The Labute approximate surface area is 101 Å². The summed E-state index contributed by atoms with van der Waals surface area (Å²) in [4.78, 5) is 0.250. The molecule has 0 radical (unpaired) electrons. The zero-order chi connectivity index (χ0) is 12.3. The molecule has 1 saturated heterocycles. The maximum absolute atomic E-state index is 12.3. The Morgan fingerprint density at radius 3 is 2.71 bits per heavy atom. The summed E-state index contributed by atoms with van der Waals surface area (Å²) >= 11 is 0. The number of ether oxygens (including phenoxy) is 1. The maximum Gasteiger partial charge on any atom is 0.243 e. The van der Waals surface area contributed by atoms with Gasteiger partial charge >= 0.3 is 0 Å². The summed E-state index contributed by atoms with van der Waals surface area (Å²) in [5.74, 6) is 0. The SMILES string of the molecule is O=S(=O)(c1ccccc1)N1CCOCC1CO. The first kappa shape index (κ1) is 12.5. The van der Waals surface area contributed by atoms with E-state index in [1.807, 2.05) is 0 Å². The van der Waals surface area contributed by atoms with E-state index in [0.717, 1.165) is 0 Å². The van der Waals surface area contributed by atoms with Crippen molar-refractivity contribution >= 4 is 10.0 Å². The van der Waals surface area contributed by atoms with Crippen LogP contribution in [0.25, 0.3) is 0 Å². The molecule has 0 bridgehead atoms. The van der Waals surface area contributed by atoms with Gasteiger partial charge < -0.3 is 9.84 Å². The van der Waals surface area contributed by atoms with Crippen molar-refractivity contribution in [3.8, 4) is 0 Å². The van der Waals surface area contributed by atoms with E-state index in [4.69, 9.17) is 4.74 Å². The molecule has 17 heavy (non-hydrogen) atoms. The number of hydrogen-bond acceptors (Lipinski definition) is 4. The highest BCUT2D eigenvalue weighted by molar-refractivity contribution is 7.89. The van der Waals surface area contributed by atoms with E-state index in [0.29, 0.717) is 6.61 Å². The number of rotatable bonds is 3. The lowest BCUT2D eigenvalue weighted by Crippen LogP contribution is -2.50. The second-order valence-electron chi connectivity index (χ2n) is 3.84. The molecule has 0 saturated carbocycles. The number of morpholine rings is 1. The maximum atomic E-state index is 12.3. The highest BCUT2D eigenvalue weighted by Gasteiger charge is 2.33. The first-order valence-corrected chi connectivity index (χ1v) is 6.86. The van der Waals surface area contributed by atoms with Gasteiger partial charge in [-0.3, -0.25) is 0 Å². The smallest absolute Gasteiger partial charge is 0.243 e. The van der Waals surface area contributed by atoms with Gasteiger partial charge in [0.2, 0.25) is 10.0 Å². The van der Waals surface area contributed by atoms with Crippen molar-refractivity contribution in [1.29, 1.82) is 0 Å². The minimum absolute atomic E-state index is 0.230. The molecule has 6 heteroatoms. The second kappa shape index (κ2) is 5.14. The number of hydrogen-bond donors (Lipinski definition) is 1. The third-order valence-electron chi connectivity index (χ3n) is 2.73. The third-order valence-corrected chi connectivity index (χ3v) is 4.70. The van der Waals surface area contributed by atoms with Crippen LogP contribution in [0.4, 0.5) is 0 Å². The van der Waals surface area contributed by atoms with Crippen LogP contribution in [0.1, 0.15) is 0 Å². The van der Waals surface area contributed by atoms with E-state index in [9.17, 15) is 13.5 Å². The van der Waals surface area contributed by atoms with Gasteiger partial charge in [0.05, 0.1) is 30.8 Å². The van der Waals surface area contributed by atoms with E-state index in [-0.39, 0.29) is 24.7 Å². The predicted octanol–water partition coefficient (Wildman–Crippen LogP) is 0.0684. The number of sulfonamides is 1. The van der Waals surface area contributed by atoms with Crippen molar-refractivity contribution in [2.24, 2.45) is 0 Å². The van der Waals surface area contributed by atoms with E-state index < -0.39 is 16.1 Å². The van der Waals surface area contributed by atoms with Crippen LogP contribution in [-0.2, 0) is 14.8 Å². The zero-order valence-corrected chi connectivity index (χ0v) is 10.1. The Bertz CT molecular complexity index is 460. The molecule has 1 N–H and O–H groups in total. The van der Waals surface area contributed by atoms with Crippen molar-refractivity contribution in [3.05, 3.63) is 30.3 Å². The highest BCUT2D eigenvalue weighted by Crippen LogP contribution is 2.19. The lowest BCUT2D eigenvalue weighted by atomic mass is 10.3. The van der Waals surface area contributed by atoms with Gasteiger partial charge in [0.25, 0.3) is 0 Å². The van der Waals surface area contributed by atoms with Crippen LogP contribution in [0.3, 0.4) is 0 Å². The van der Waals surface area contributed by atoms with Crippen molar-refractivity contribution in [2.75, 3.05) is 26.4 Å². The summed E-state index contributed by atoms with van der Waals surface area (Å²) in [6, 6.07) is 7.75. The van der Waals surface area contributed by atoms with Crippen molar-refractivity contribution in [2.45, 2.75) is 10.9 Å². The molecule has 1 aromatic carbocycles. The Kier molecular flexibility index (Phi) is 3.78. The summed E-state index contributed by atoms with van der Waals surface area (Å²) in [6.07, 6.45) is 0. The lowest BCUT2D eigenvalue weighted by molar-refractivity contribution is 0.0109. The van der Waals surface area contributed by atoms with Gasteiger partial charge in [0.15, 0.2) is 0 Å². The van der Waals surface area contributed by atoms with Crippen LogP contribution in [0.2, 0.25) is 0 Å². The topological polar surface area (TPSA) is 66.8 Å². The largest absolute Gasteiger partial charge is 0.395 e. The first-order valence-electron chi connectivity index (χ1n) is 5.42. The summed E-state index contributed by atoms with van der Waals surface area (Å²) in [5.41, 5.74) is 0. The zero-order valence-electron chi connectivity index (χ0n) is 9.32. The minimum atomic E-state index is -3.53. The Morgan fingerprint density at radius 2 is 2.06 bits per heavy atom. The minimum Gasteiger partial charge on any atom is -0.395 e. The van der Waals surface area contributed by atoms with E-state index >= 15 is 0 Å². The van der Waals surface area contributed by atoms with E-state index in [1.165, 1.54) is 4.31 Å². The van der Waals surface area contributed by atoms with Gasteiger partial charge in [0, 0.05) is 6.54 Å². The van der Waals surface area contributed by atoms with Gasteiger partial charge in [-0.15, -0.1) is 0 Å². The molecule has 94 valence electrons. The Morgan fingerprint density at radius 1 is 1.35 bits per heavy atom. The molecule has 1 unspecified atom stereocenters. The predicted molar refractivity (Wildman–Crippen MR) is 62.0 cm³/mol. The molecule has 0 spiro atoms. The summed E-state index contributed by atoms with van der Waals surface area (Å²) < 4.78 is 31.1. The van der Waals surface area contributed by atoms with Crippen molar-refractivity contribution < 1.29 is 18.3 Å². The summed E-state index contributed by atoms with van der Waals surface area (Å²) in [6.45, 7) is 0.652. The lowest BCUT2D eigenvalue weighted by Gasteiger charge is -2.33. The molecule has 1 fully saturated rings. The summed E-state index contributed by atoms with van der Waals surface area (Å²) in [7, 11) is -3.53. The molecule has 0 aromatic heterocycles. The molecule has 1 atom stereocenters. The molecule has 1 aliphatic rings. The fourth-order valence-corrected chi connectivity index (χ4v) is 3.43. The number of aliphatic hydroxyl groups excluding tert-OH is 1. The molecular formula is C11H15NO4S. The average molecular weight is 257 g/mol. The van der Waals surface area contributed by atoms with E-state index in [1.54, 1.807) is 30.3 Å². The molecule has 1 aromatic rings. The van der Waals surface area contributed by atoms with E-state index in [2.05, 4.69) is 0 Å². The van der Waals surface area contributed by atoms with Crippen LogP contribution >= 0.6 is 0 Å². The molecule has 0 amide bonds. The summed E-state index contributed by atoms with van der Waals surface area (Å²) in [5, 5.41) is 9.19. The fraction of sp³-hybridized carbons (Fsp3) is 0.455. The Hall–Kier alpha value is -0.950. The number of nitrogens with zero attached hydrogens (tertiary/aromatic N) is 1. The first-order chi connectivity index (χ1) is 8.16. The molecule has 0 aliphatic carbocycles. The van der Waals surface area contributed by atoms with Crippen LogP contribution < -0.4 is 0 Å². The Balaban J connectivity index is 2.31. The van der Waals surface area contributed by atoms with Gasteiger partial charge in [-0.05, 0) is 12.1 Å². The molecular weight excluding hydrogens is 242 g/mol. The van der Waals surface area contributed by atoms with Crippen molar-refractivity contribution in [3.63, 3.8) is 0 Å². The second-order valence-corrected chi connectivity index (χ2v) is 5.73. The quantitative estimate of drug-likeness (QED) is 0.832. The van der Waals surface area contributed by atoms with Gasteiger partial charge in [-0.1, -0.05) is 18.2 Å². The fourth-order valence-electron chi connectivity index (χ4n) is 1.83. The van der Waals surface area contributed by atoms with Crippen LogP contribution in [-0.4, -0.2) is 50.2 Å². The molecule has 1 aliphatic heterocycles. The van der Waals surface area contributed by atoms with Gasteiger partial charge in [-0.2, -0.15) is 4.31 Å². The van der Waals surface area contributed by atoms with Crippen LogP contribution in [0.15, 0.2) is 35.2 Å². The van der Waals surface area contributed by atoms with Gasteiger partial charge in [0.1, 0.15) is 0 Å². The standard InChI is InChI=1S/C11H15NO4S/c13-8-10-9-16-7-6-12(10)17(14,15)11-4-2-1-3-5-11/h1-5,10,13H,6-9H2. The molecule has 5 nitrogen and oxygen atoms in total. The third kappa shape index (κ3) is 2.50. The van der Waals surface area contributed by atoms with Crippen molar-refractivity contribution in [1.82, 2.24) is 4.31 Å². The molecule has 2 rings (SSSR count). The highest BCUT2D eigenvalue weighted by atomic mass is 32.2. The van der Waals surface area contributed by atoms with Gasteiger partial charge in [-0.25, -0.2) is 8.42 Å². The number of benzene rings is 1. The van der Waals surface area contributed by atoms with Crippen LogP contribution in [0, 0.1) is 0 Å². The monoisotopic (exact) mass is 257 g/mol. The number of aliphatic hydroxyl groups is 1. The molecule has 1 heterocycles. The van der Waals surface area contributed by atoms with Crippen LogP contribution in [0.5, 0.6) is 0 Å².